The molecule has 0 fully saturated rings. The predicted molar refractivity (Wildman–Crippen MR) is 238 cm³/mol. The van der Waals surface area contributed by atoms with Crippen molar-refractivity contribution >= 4 is 81.1 Å². The standard InChI is InChI=1S/C51H34N4OS/c1-3-14-31(15-4-1)49-52-50(32-16-5-2-6-17-32)54-51(53-49)40-23-11-22-39-46-34(20-13-27-44(46)56-47(39)40)33-28-29-37-38-21-12-26-43(48(38)57-45(37)30-33)55-41-24-9-7-18-35(41)36-19-8-10-25-42(36)55/h1-30,49-50,52H,(H,53,54). The molecule has 0 spiro atoms. The first-order chi connectivity index (χ1) is 28.3. The van der Waals surface area contributed by atoms with E-state index in [4.69, 9.17) is 9.41 Å². The molecule has 0 saturated heterocycles. The summed E-state index contributed by atoms with van der Waals surface area (Å²) in [5.74, 6) is 0.799. The Morgan fingerprint density at radius 2 is 1.19 bits per heavy atom. The zero-order chi connectivity index (χ0) is 37.5. The number of aliphatic imine (C=N–C) groups is 1. The lowest BCUT2D eigenvalue weighted by Gasteiger charge is -2.32. The molecule has 2 atom stereocenters. The molecule has 1 aliphatic rings. The molecule has 0 aliphatic carbocycles. The van der Waals surface area contributed by atoms with E-state index in [1.54, 1.807) is 0 Å². The molecule has 0 amide bonds. The van der Waals surface area contributed by atoms with Gasteiger partial charge >= 0.3 is 0 Å². The number of nitrogens with zero attached hydrogens (tertiary/aromatic N) is 2. The van der Waals surface area contributed by atoms with Crippen LogP contribution in [0.15, 0.2) is 191 Å². The highest BCUT2D eigenvalue weighted by Crippen LogP contribution is 2.44. The zero-order valence-corrected chi connectivity index (χ0v) is 31.5. The molecular formula is C51H34N4OS. The maximum Gasteiger partial charge on any atom is 0.146 e. The Balaban J connectivity index is 0.999. The van der Waals surface area contributed by atoms with E-state index in [1.165, 1.54) is 47.7 Å². The number of para-hydroxylation sites is 3. The number of furan rings is 1. The number of hydrogen-bond donors (Lipinski definition) is 2. The van der Waals surface area contributed by atoms with E-state index in [-0.39, 0.29) is 12.3 Å². The van der Waals surface area contributed by atoms with E-state index in [0.29, 0.717) is 0 Å². The Bertz CT molecular complexity index is 3320. The number of aromatic nitrogens is 1. The van der Waals surface area contributed by atoms with Crippen LogP contribution < -0.4 is 10.6 Å². The zero-order valence-electron chi connectivity index (χ0n) is 30.7. The highest BCUT2D eigenvalue weighted by atomic mass is 32.1. The van der Waals surface area contributed by atoms with Crippen molar-refractivity contribution in [1.82, 2.24) is 15.2 Å². The minimum absolute atomic E-state index is 0.136. The second-order valence-corrected chi connectivity index (χ2v) is 15.8. The molecule has 1 aliphatic heterocycles. The number of rotatable bonds is 5. The van der Waals surface area contributed by atoms with Gasteiger partial charge in [0.25, 0.3) is 0 Å². The summed E-state index contributed by atoms with van der Waals surface area (Å²) in [6.45, 7) is 0. The van der Waals surface area contributed by atoms with Gasteiger partial charge in [0.05, 0.1) is 27.0 Å². The summed E-state index contributed by atoms with van der Waals surface area (Å²) in [6, 6.07) is 64.8. The SMILES string of the molecule is c1ccc(C2N=C(c3cccc4c3oc3cccc(-c5ccc6c(c5)sc5c(-n7c8ccccc8c8ccccc87)cccc56)c34)NC(c3ccccc3)N2)cc1. The van der Waals surface area contributed by atoms with E-state index in [1.807, 2.05) is 23.5 Å². The van der Waals surface area contributed by atoms with Gasteiger partial charge in [-0.1, -0.05) is 146 Å². The molecule has 0 saturated carbocycles. The van der Waals surface area contributed by atoms with Crippen molar-refractivity contribution in [2.45, 2.75) is 12.3 Å². The summed E-state index contributed by atoms with van der Waals surface area (Å²) < 4.78 is 11.8. The number of benzene rings is 8. The topological polar surface area (TPSA) is 54.5 Å². The van der Waals surface area contributed by atoms with E-state index in [0.717, 1.165) is 55.6 Å². The van der Waals surface area contributed by atoms with Crippen LogP contribution in [0.2, 0.25) is 0 Å². The molecule has 57 heavy (non-hydrogen) atoms. The Morgan fingerprint density at radius 1 is 0.544 bits per heavy atom. The van der Waals surface area contributed by atoms with Gasteiger partial charge in [0, 0.05) is 37.0 Å². The molecule has 0 radical (unpaired) electrons. The number of amidine groups is 1. The van der Waals surface area contributed by atoms with Crippen LogP contribution in [0.25, 0.3) is 80.7 Å². The molecule has 3 aromatic heterocycles. The Hall–Kier alpha value is -6.99. The van der Waals surface area contributed by atoms with Crippen LogP contribution in [0.3, 0.4) is 0 Å². The summed E-state index contributed by atoms with van der Waals surface area (Å²) in [7, 11) is 0. The summed E-state index contributed by atoms with van der Waals surface area (Å²) in [4.78, 5) is 5.25. The van der Waals surface area contributed by atoms with Crippen LogP contribution in [0.5, 0.6) is 0 Å². The average molecular weight is 751 g/mol. The van der Waals surface area contributed by atoms with Crippen LogP contribution in [-0.4, -0.2) is 10.4 Å². The van der Waals surface area contributed by atoms with Crippen LogP contribution >= 0.6 is 11.3 Å². The van der Waals surface area contributed by atoms with E-state index in [9.17, 15) is 0 Å². The van der Waals surface area contributed by atoms with E-state index in [2.05, 4.69) is 185 Å². The van der Waals surface area contributed by atoms with Gasteiger partial charge in [-0.05, 0) is 58.7 Å². The molecule has 8 aromatic carbocycles. The maximum absolute atomic E-state index is 6.80. The summed E-state index contributed by atoms with van der Waals surface area (Å²) in [6.07, 6.45) is -0.367. The summed E-state index contributed by atoms with van der Waals surface area (Å²) >= 11 is 1.87. The Labute approximate surface area is 332 Å². The van der Waals surface area contributed by atoms with Crippen molar-refractivity contribution in [1.29, 1.82) is 0 Å². The third kappa shape index (κ3) is 5.08. The lowest BCUT2D eigenvalue weighted by molar-refractivity contribution is 0.409. The van der Waals surface area contributed by atoms with Crippen molar-refractivity contribution in [3.05, 3.63) is 199 Å². The summed E-state index contributed by atoms with van der Waals surface area (Å²) in [5, 5.41) is 14.7. The lowest BCUT2D eigenvalue weighted by atomic mass is 9.97. The first-order valence-electron chi connectivity index (χ1n) is 19.4. The molecule has 2 unspecified atom stereocenters. The monoisotopic (exact) mass is 750 g/mol. The Kier molecular flexibility index (Phi) is 7.24. The molecule has 4 heterocycles. The van der Waals surface area contributed by atoms with Crippen molar-refractivity contribution in [2.75, 3.05) is 0 Å². The first kappa shape index (κ1) is 32.3. The van der Waals surface area contributed by atoms with Crippen LogP contribution in [0.1, 0.15) is 29.0 Å². The van der Waals surface area contributed by atoms with Gasteiger partial charge in [0.2, 0.25) is 0 Å². The smallest absolute Gasteiger partial charge is 0.146 e. The fraction of sp³-hybridized carbons (Fsp3) is 0.0392. The lowest BCUT2D eigenvalue weighted by Crippen LogP contribution is -2.45. The van der Waals surface area contributed by atoms with Gasteiger partial charge in [-0.3, -0.25) is 5.32 Å². The van der Waals surface area contributed by atoms with Crippen molar-refractivity contribution in [2.24, 2.45) is 4.99 Å². The number of nitrogens with one attached hydrogen (secondary N) is 2. The second kappa shape index (κ2) is 12.8. The molecule has 2 N–H and O–H groups in total. The van der Waals surface area contributed by atoms with E-state index >= 15 is 0 Å². The van der Waals surface area contributed by atoms with Crippen molar-refractivity contribution in [3.63, 3.8) is 0 Å². The highest BCUT2D eigenvalue weighted by Gasteiger charge is 2.27. The maximum atomic E-state index is 6.80. The molecule has 0 bridgehead atoms. The summed E-state index contributed by atoms with van der Waals surface area (Å²) in [5.41, 5.74) is 10.8. The van der Waals surface area contributed by atoms with Gasteiger partial charge < -0.3 is 14.3 Å². The first-order valence-corrected chi connectivity index (χ1v) is 20.2. The van der Waals surface area contributed by atoms with Gasteiger partial charge in [-0.2, -0.15) is 0 Å². The van der Waals surface area contributed by atoms with Crippen LogP contribution in [-0.2, 0) is 0 Å². The largest absolute Gasteiger partial charge is 0.455 e. The quantitative estimate of drug-likeness (QED) is 0.184. The molecule has 270 valence electrons. The molecule has 5 nitrogen and oxygen atoms in total. The van der Waals surface area contributed by atoms with Crippen LogP contribution in [0, 0.1) is 0 Å². The molecule has 11 aromatic rings. The van der Waals surface area contributed by atoms with Crippen LogP contribution in [0.4, 0.5) is 0 Å². The second-order valence-electron chi connectivity index (χ2n) is 14.7. The fourth-order valence-electron chi connectivity index (χ4n) is 8.90. The third-order valence-corrected chi connectivity index (χ3v) is 12.7. The van der Waals surface area contributed by atoms with Crippen molar-refractivity contribution < 1.29 is 4.42 Å². The van der Waals surface area contributed by atoms with Crippen molar-refractivity contribution in [3.8, 4) is 16.8 Å². The average Bonchev–Trinajstić information content (AvgIpc) is 3.96. The number of thiophene rings is 1. The van der Waals surface area contributed by atoms with Gasteiger partial charge in [0.1, 0.15) is 29.3 Å². The molecule has 12 rings (SSSR count). The number of fused-ring (bicyclic) bond motifs is 9. The fourth-order valence-corrected chi connectivity index (χ4v) is 10.1. The van der Waals surface area contributed by atoms with Gasteiger partial charge in [-0.25, -0.2) is 4.99 Å². The van der Waals surface area contributed by atoms with Gasteiger partial charge in [0.15, 0.2) is 0 Å². The minimum Gasteiger partial charge on any atom is -0.455 e. The minimum atomic E-state index is -0.230. The number of hydrogen-bond acceptors (Lipinski definition) is 5. The normalized spacial score (nSPS) is 15.9. The molecular weight excluding hydrogens is 717 g/mol. The van der Waals surface area contributed by atoms with Gasteiger partial charge in [-0.15, -0.1) is 11.3 Å². The highest BCUT2D eigenvalue weighted by molar-refractivity contribution is 7.26. The molecule has 6 heteroatoms. The Morgan fingerprint density at radius 3 is 1.98 bits per heavy atom. The third-order valence-electron chi connectivity index (χ3n) is 11.5. The van der Waals surface area contributed by atoms with E-state index < -0.39 is 0 Å². The predicted octanol–water partition coefficient (Wildman–Crippen LogP) is 13.1.